The molecule has 1 aromatic carbocycles. The average Bonchev–Trinajstić information content (AvgIpc) is 3.21. The minimum atomic E-state index is -1.14. The molecule has 1 N–H and O–H groups in total. The number of phenolic OH excluding ortho intramolecular Hbond substituents is 1. The van der Waals surface area contributed by atoms with Crippen molar-refractivity contribution < 1.29 is 23.4 Å². The summed E-state index contributed by atoms with van der Waals surface area (Å²) < 4.78 is 33.6. The van der Waals surface area contributed by atoms with Gasteiger partial charge in [-0.15, -0.1) is 0 Å². The number of carbonyl (C=O) groups is 1. The molecule has 1 fully saturated rings. The van der Waals surface area contributed by atoms with Crippen molar-refractivity contribution in [1.82, 2.24) is 4.57 Å². The fourth-order valence-electron chi connectivity index (χ4n) is 2.72. The third-order valence-electron chi connectivity index (χ3n) is 4.00. The van der Waals surface area contributed by atoms with Crippen LogP contribution in [0.4, 0.5) is 8.78 Å². The van der Waals surface area contributed by atoms with Crippen molar-refractivity contribution in [3.05, 3.63) is 39.4 Å². The molecule has 0 aliphatic heterocycles. The molecule has 1 heterocycles. The third kappa shape index (κ3) is 2.36. The van der Waals surface area contributed by atoms with Gasteiger partial charge < -0.3 is 14.4 Å². The van der Waals surface area contributed by atoms with Crippen LogP contribution >= 0.6 is 0 Å². The number of ether oxygens (including phenoxy) is 1. The molecule has 7 heteroatoms. The van der Waals surface area contributed by atoms with E-state index >= 15 is 0 Å². The zero-order valence-corrected chi connectivity index (χ0v) is 12.6. The second-order valence-electron chi connectivity index (χ2n) is 5.54. The molecular formula is C16H15F2NO4. The lowest BCUT2D eigenvalue weighted by Gasteiger charge is -2.15. The maximum Gasteiger partial charge on any atom is 0.343 e. The Bertz CT molecular complexity index is 875. The van der Waals surface area contributed by atoms with Crippen LogP contribution in [0.2, 0.25) is 0 Å². The van der Waals surface area contributed by atoms with E-state index in [1.54, 1.807) is 6.92 Å². The Morgan fingerprint density at radius 1 is 1.52 bits per heavy atom. The van der Waals surface area contributed by atoms with E-state index in [0.29, 0.717) is 0 Å². The van der Waals surface area contributed by atoms with Crippen molar-refractivity contribution in [2.24, 2.45) is 0 Å². The molecular weight excluding hydrogens is 308 g/mol. The van der Waals surface area contributed by atoms with Crippen molar-refractivity contribution >= 4 is 16.9 Å². The van der Waals surface area contributed by atoms with Gasteiger partial charge in [-0.05, 0) is 13.8 Å². The first-order valence-electron chi connectivity index (χ1n) is 7.24. The van der Waals surface area contributed by atoms with Gasteiger partial charge in [0.05, 0.1) is 23.6 Å². The Balaban J connectivity index is 2.40. The molecule has 23 heavy (non-hydrogen) atoms. The van der Waals surface area contributed by atoms with Crippen LogP contribution in [0, 0.1) is 12.7 Å². The van der Waals surface area contributed by atoms with Gasteiger partial charge in [0.2, 0.25) is 5.43 Å². The molecule has 3 rings (SSSR count). The smallest absolute Gasteiger partial charge is 0.343 e. The predicted octanol–water partition coefficient (Wildman–Crippen LogP) is 2.61. The van der Waals surface area contributed by atoms with Crippen LogP contribution in [0.1, 0.15) is 35.3 Å². The monoisotopic (exact) mass is 323 g/mol. The molecule has 5 nitrogen and oxygen atoms in total. The first kappa shape index (κ1) is 15.5. The summed E-state index contributed by atoms with van der Waals surface area (Å²) in [6.45, 7) is 3.10. The number of pyridine rings is 1. The molecule has 1 aromatic heterocycles. The van der Waals surface area contributed by atoms with Crippen molar-refractivity contribution in [1.29, 1.82) is 0 Å². The van der Waals surface area contributed by atoms with Crippen LogP contribution in [-0.4, -0.2) is 28.4 Å². The summed E-state index contributed by atoms with van der Waals surface area (Å²) in [4.78, 5) is 24.5. The lowest BCUT2D eigenvalue weighted by molar-refractivity contribution is 0.0524. The standard InChI is InChI=1S/C16H15F2NO4/c1-3-23-16(22)8-6-19(11-4-10(11)18)14-7(2)9(17)5-12(20)13(14)15(8)21/h5-6,10-11,20H,3-4H2,1-2H3/t10-,11-/m1/s1. The van der Waals surface area contributed by atoms with Gasteiger partial charge >= 0.3 is 5.97 Å². The number of carbonyl (C=O) groups excluding carboxylic acids is 1. The van der Waals surface area contributed by atoms with Crippen LogP contribution in [0.3, 0.4) is 0 Å². The molecule has 1 aliphatic rings. The summed E-state index contributed by atoms with van der Waals surface area (Å²) in [6, 6.07) is 0.226. The number of hydrogen-bond acceptors (Lipinski definition) is 4. The number of esters is 1. The Hall–Kier alpha value is -2.44. The number of alkyl halides is 1. The highest BCUT2D eigenvalue weighted by atomic mass is 19.1. The second-order valence-corrected chi connectivity index (χ2v) is 5.54. The van der Waals surface area contributed by atoms with E-state index in [-0.39, 0.29) is 35.1 Å². The molecule has 0 spiro atoms. The number of benzene rings is 1. The summed E-state index contributed by atoms with van der Waals surface area (Å²) in [5.41, 5.74) is -0.846. The largest absolute Gasteiger partial charge is 0.507 e. The normalized spacial score (nSPS) is 19.8. The lowest BCUT2D eigenvalue weighted by atomic mass is 10.1. The van der Waals surface area contributed by atoms with Crippen LogP contribution in [0.25, 0.3) is 10.9 Å². The maximum atomic E-state index is 13.9. The highest BCUT2D eigenvalue weighted by molar-refractivity contribution is 5.96. The molecule has 122 valence electrons. The summed E-state index contributed by atoms with van der Waals surface area (Å²) >= 11 is 0. The minimum Gasteiger partial charge on any atom is -0.507 e. The summed E-state index contributed by atoms with van der Waals surface area (Å²) in [7, 11) is 0. The van der Waals surface area contributed by atoms with Crippen LogP contribution in [0.5, 0.6) is 5.75 Å². The number of nitrogens with zero attached hydrogens (tertiary/aromatic N) is 1. The third-order valence-corrected chi connectivity index (χ3v) is 4.00. The summed E-state index contributed by atoms with van der Waals surface area (Å²) in [6.07, 6.45) is 0.260. The number of aromatic nitrogens is 1. The number of aromatic hydroxyl groups is 1. The predicted molar refractivity (Wildman–Crippen MR) is 79.1 cm³/mol. The van der Waals surface area contributed by atoms with Crippen molar-refractivity contribution in [2.75, 3.05) is 6.61 Å². The van der Waals surface area contributed by atoms with Crippen molar-refractivity contribution in [3.8, 4) is 5.75 Å². The van der Waals surface area contributed by atoms with E-state index in [2.05, 4.69) is 0 Å². The highest BCUT2D eigenvalue weighted by Crippen LogP contribution is 2.42. The lowest BCUT2D eigenvalue weighted by Crippen LogP contribution is -2.21. The van der Waals surface area contributed by atoms with Crippen molar-refractivity contribution in [3.63, 3.8) is 0 Å². The molecule has 0 unspecified atom stereocenters. The zero-order valence-electron chi connectivity index (χ0n) is 12.6. The minimum absolute atomic E-state index is 0.0693. The van der Waals surface area contributed by atoms with Gasteiger partial charge in [-0.1, -0.05) is 0 Å². The fraction of sp³-hybridized carbons (Fsp3) is 0.375. The SMILES string of the molecule is CCOC(=O)c1cn([C@@H]2C[C@H]2F)c2c(C)c(F)cc(O)c2c1=O. The molecule has 0 bridgehead atoms. The van der Waals surface area contributed by atoms with Gasteiger partial charge in [0.1, 0.15) is 23.3 Å². The molecule has 2 aromatic rings. The number of fused-ring (bicyclic) bond motifs is 1. The van der Waals surface area contributed by atoms with Gasteiger partial charge in [0, 0.05) is 24.2 Å². The maximum absolute atomic E-state index is 13.9. The molecule has 2 atom stereocenters. The van der Waals surface area contributed by atoms with Crippen LogP contribution in [0.15, 0.2) is 17.1 Å². The number of aryl methyl sites for hydroxylation is 1. The molecule has 1 aliphatic carbocycles. The average molecular weight is 323 g/mol. The topological polar surface area (TPSA) is 68.5 Å². The van der Waals surface area contributed by atoms with Gasteiger partial charge in [-0.2, -0.15) is 0 Å². The highest BCUT2D eigenvalue weighted by Gasteiger charge is 2.40. The first-order valence-corrected chi connectivity index (χ1v) is 7.24. The van der Waals surface area contributed by atoms with Crippen molar-refractivity contribution in [2.45, 2.75) is 32.5 Å². The molecule has 0 radical (unpaired) electrons. The Labute approximate surface area is 130 Å². The zero-order chi connectivity index (χ0) is 16.9. The number of halogens is 2. The number of hydrogen-bond donors (Lipinski definition) is 1. The summed E-state index contributed by atoms with van der Waals surface area (Å²) in [5.74, 6) is -2.14. The van der Waals surface area contributed by atoms with E-state index in [0.717, 1.165) is 6.07 Å². The Morgan fingerprint density at radius 3 is 2.74 bits per heavy atom. The van der Waals surface area contributed by atoms with E-state index in [9.17, 15) is 23.5 Å². The molecule has 0 saturated heterocycles. The first-order chi connectivity index (χ1) is 10.9. The quantitative estimate of drug-likeness (QED) is 0.882. The van der Waals surface area contributed by atoms with Gasteiger partial charge in [-0.3, -0.25) is 4.79 Å². The molecule has 1 saturated carbocycles. The van der Waals surface area contributed by atoms with Gasteiger partial charge in [0.25, 0.3) is 0 Å². The number of phenols is 1. The van der Waals surface area contributed by atoms with Gasteiger partial charge in [0.15, 0.2) is 0 Å². The summed E-state index contributed by atoms with van der Waals surface area (Å²) in [5, 5.41) is 9.79. The number of rotatable bonds is 3. The Morgan fingerprint density at radius 2 is 2.17 bits per heavy atom. The van der Waals surface area contributed by atoms with Gasteiger partial charge in [-0.25, -0.2) is 13.6 Å². The van der Waals surface area contributed by atoms with Crippen LogP contribution < -0.4 is 5.43 Å². The van der Waals surface area contributed by atoms with E-state index in [1.165, 1.54) is 17.7 Å². The van der Waals surface area contributed by atoms with Crippen LogP contribution in [-0.2, 0) is 4.74 Å². The van der Waals surface area contributed by atoms with E-state index < -0.39 is 35.2 Å². The Kier molecular flexibility index (Phi) is 3.58. The van der Waals surface area contributed by atoms with E-state index in [4.69, 9.17) is 4.74 Å². The van der Waals surface area contributed by atoms with E-state index in [1.807, 2.05) is 0 Å². The second kappa shape index (κ2) is 5.33. The molecule has 0 amide bonds. The fourth-order valence-corrected chi connectivity index (χ4v) is 2.72.